The predicted octanol–water partition coefficient (Wildman–Crippen LogP) is 2.05. The molecule has 1 aromatic rings. The first-order chi connectivity index (χ1) is 5.81. The number of hydrogen-bond donors (Lipinski definition) is 0. The van der Waals surface area contributed by atoms with Crippen LogP contribution >= 0.6 is 0 Å². The Morgan fingerprint density at radius 3 is 3.17 bits per heavy atom. The molecule has 1 heterocycles. The van der Waals surface area contributed by atoms with Crippen LogP contribution in [0.1, 0.15) is 24.0 Å². The normalized spacial score (nSPS) is 19.5. The molecule has 1 atom stereocenters. The van der Waals surface area contributed by atoms with Crippen LogP contribution in [0.2, 0.25) is 0 Å². The van der Waals surface area contributed by atoms with Gasteiger partial charge in [-0.15, -0.1) is 0 Å². The highest BCUT2D eigenvalue weighted by atomic mass is 16.5. The van der Waals surface area contributed by atoms with E-state index < -0.39 is 0 Å². The van der Waals surface area contributed by atoms with Gasteiger partial charge in [0.05, 0.1) is 18.2 Å². The molecule has 0 aliphatic carbocycles. The molecule has 0 N–H and O–H groups in total. The smallest absolute Gasteiger partial charge is 0.122 e. The van der Waals surface area contributed by atoms with Crippen molar-refractivity contribution in [3.63, 3.8) is 0 Å². The molecule has 0 aromatic heterocycles. The summed E-state index contributed by atoms with van der Waals surface area (Å²) >= 11 is 0. The second-order valence-electron chi connectivity index (χ2n) is 3.08. The van der Waals surface area contributed by atoms with Crippen LogP contribution in [-0.2, 0) is 0 Å². The minimum atomic E-state index is 0.424. The third kappa shape index (κ3) is 0.947. The number of fused-ring (bicyclic) bond motifs is 1. The summed E-state index contributed by atoms with van der Waals surface area (Å²) in [6.45, 7) is 2.84. The van der Waals surface area contributed by atoms with E-state index in [4.69, 9.17) is 10.00 Å². The van der Waals surface area contributed by atoms with Gasteiger partial charge >= 0.3 is 0 Å². The Morgan fingerprint density at radius 1 is 1.58 bits per heavy atom. The summed E-state index contributed by atoms with van der Waals surface area (Å²) in [6, 6.07) is 7.69. The maximum atomic E-state index is 8.66. The zero-order chi connectivity index (χ0) is 8.55. The molecule has 2 heteroatoms. The first kappa shape index (κ1) is 7.17. The van der Waals surface area contributed by atoms with Gasteiger partial charge in [0.2, 0.25) is 0 Å². The lowest BCUT2D eigenvalue weighted by Crippen LogP contribution is -1.93. The van der Waals surface area contributed by atoms with Crippen molar-refractivity contribution in [2.75, 3.05) is 6.61 Å². The molecule has 0 radical (unpaired) electrons. The Hall–Kier alpha value is -1.49. The van der Waals surface area contributed by atoms with Crippen LogP contribution in [0.5, 0.6) is 5.75 Å². The van der Waals surface area contributed by atoms with Crippen LogP contribution in [0, 0.1) is 11.3 Å². The average Bonchev–Trinajstić information content (AvgIpc) is 2.47. The molecule has 2 nitrogen and oxygen atoms in total. The lowest BCUT2D eigenvalue weighted by molar-refractivity contribution is 0.337. The fourth-order valence-corrected chi connectivity index (χ4v) is 1.44. The fourth-order valence-electron chi connectivity index (χ4n) is 1.44. The summed E-state index contributed by atoms with van der Waals surface area (Å²) in [5.41, 5.74) is 1.88. The van der Waals surface area contributed by atoms with Gasteiger partial charge in [0.25, 0.3) is 0 Å². The topological polar surface area (TPSA) is 33.0 Å². The second-order valence-corrected chi connectivity index (χ2v) is 3.08. The van der Waals surface area contributed by atoms with Crippen molar-refractivity contribution in [3.05, 3.63) is 29.3 Å². The Labute approximate surface area is 71.4 Å². The largest absolute Gasteiger partial charge is 0.493 e. The molecule has 0 saturated heterocycles. The van der Waals surface area contributed by atoms with E-state index >= 15 is 0 Å². The van der Waals surface area contributed by atoms with Gasteiger partial charge in [-0.3, -0.25) is 0 Å². The molecule has 0 fully saturated rings. The first-order valence-corrected chi connectivity index (χ1v) is 3.98. The molecule has 12 heavy (non-hydrogen) atoms. The van der Waals surface area contributed by atoms with Crippen LogP contribution in [-0.4, -0.2) is 6.61 Å². The minimum absolute atomic E-state index is 0.424. The van der Waals surface area contributed by atoms with Crippen molar-refractivity contribution in [1.82, 2.24) is 0 Å². The Kier molecular flexibility index (Phi) is 1.51. The second kappa shape index (κ2) is 2.53. The molecule has 1 aromatic carbocycles. The van der Waals surface area contributed by atoms with Gasteiger partial charge in [-0.2, -0.15) is 5.26 Å². The summed E-state index contributed by atoms with van der Waals surface area (Å²) in [5, 5.41) is 8.66. The molecule has 0 saturated carbocycles. The Balaban J connectivity index is 2.52. The number of benzene rings is 1. The van der Waals surface area contributed by atoms with E-state index in [0.717, 1.165) is 17.9 Å². The van der Waals surface area contributed by atoms with Gasteiger partial charge in [0.15, 0.2) is 0 Å². The van der Waals surface area contributed by atoms with Gasteiger partial charge in [-0.05, 0) is 18.2 Å². The van der Waals surface area contributed by atoms with E-state index in [2.05, 4.69) is 13.0 Å². The Bertz CT molecular complexity index is 351. The summed E-state index contributed by atoms with van der Waals surface area (Å²) in [7, 11) is 0. The highest BCUT2D eigenvalue weighted by Crippen LogP contribution is 2.33. The molecule has 60 valence electrons. The molecule has 0 spiro atoms. The van der Waals surface area contributed by atoms with Crippen LogP contribution in [0.15, 0.2) is 18.2 Å². The van der Waals surface area contributed by atoms with Crippen LogP contribution in [0.25, 0.3) is 0 Å². The minimum Gasteiger partial charge on any atom is -0.493 e. The van der Waals surface area contributed by atoms with Crippen LogP contribution < -0.4 is 4.74 Å². The molecule has 1 unspecified atom stereocenters. The molecule has 0 bridgehead atoms. The Morgan fingerprint density at radius 2 is 2.42 bits per heavy atom. The molecule has 1 aliphatic rings. The van der Waals surface area contributed by atoms with Crippen molar-refractivity contribution < 1.29 is 4.74 Å². The number of nitrogens with zero attached hydrogens (tertiary/aromatic N) is 1. The zero-order valence-electron chi connectivity index (χ0n) is 6.87. The predicted molar refractivity (Wildman–Crippen MR) is 45.1 cm³/mol. The van der Waals surface area contributed by atoms with E-state index in [1.165, 1.54) is 0 Å². The fraction of sp³-hybridized carbons (Fsp3) is 0.300. The summed E-state index contributed by atoms with van der Waals surface area (Å²) in [4.78, 5) is 0. The van der Waals surface area contributed by atoms with Gasteiger partial charge < -0.3 is 4.74 Å². The third-order valence-electron chi connectivity index (χ3n) is 2.16. The highest BCUT2D eigenvalue weighted by molar-refractivity contribution is 5.45. The molecule has 1 aliphatic heterocycles. The average molecular weight is 159 g/mol. The third-order valence-corrected chi connectivity index (χ3v) is 2.16. The highest BCUT2D eigenvalue weighted by Gasteiger charge is 2.19. The SMILES string of the molecule is CC1COc2ccc(C#N)cc21. The lowest BCUT2D eigenvalue weighted by atomic mass is 10.0. The molecular formula is C10H9NO. The molecule has 0 amide bonds. The van der Waals surface area contributed by atoms with Crippen molar-refractivity contribution in [2.45, 2.75) is 12.8 Å². The number of nitriles is 1. The maximum Gasteiger partial charge on any atom is 0.122 e. The number of hydrogen-bond acceptors (Lipinski definition) is 2. The van der Waals surface area contributed by atoms with E-state index in [0.29, 0.717) is 11.5 Å². The van der Waals surface area contributed by atoms with Gasteiger partial charge in [0.1, 0.15) is 5.75 Å². The first-order valence-electron chi connectivity index (χ1n) is 3.98. The van der Waals surface area contributed by atoms with Gasteiger partial charge in [0, 0.05) is 11.5 Å². The van der Waals surface area contributed by atoms with Crippen LogP contribution in [0.3, 0.4) is 0 Å². The molecular weight excluding hydrogens is 150 g/mol. The quantitative estimate of drug-likeness (QED) is 0.580. The maximum absolute atomic E-state index is 8.66. The molecule has 2 rings (SSSR count). The van der Waals surface area contributed by atoms with Gasteiger partial charge in [-0.25, -0.2) is 0 Å². The summed E-state index contributed by atoms with van der Waals surface area (Å²) in [6.07, 6.45) is 0. The van der Waals surface area contributed by atoms with E-state index in [9.17, 15) is 0 Å². The standard InChI is InChI=1S/C10H9NO/c1-7-6-12-10-3-2-8(5-11)4-9(7)10/h2-4,7H,6H2,1H3. The lowest BCUT2D eigenvalue weighted by Gasteiger charge is -1.99. The van der Waals surface area contributed by atoms with Crippen molar-refractivity contribution in [2.24, 2.45) is 0 Å². The van der Waals surface area contributed by atoms with Crippen LogP contribution in [0.4, 0.5) is 0 Å². The van der Waals surface area contributed by atoms with E-state index in [1.54, 1.807) is 6.07 Å². The number of rotatable bonds is 0. The van der Waals surface area contributed by atoms with E-state index in [1.807, 2.05) is 12.1 Å². The summed E-state index contributed by atoms with van der Waals surface area (Å²) in [5.74, 6) is 1.36. The zero-order valence-corrected chi connectivity index (χ0v) is 6.87. The van der Waals surface area contributed by atoms with Crippen molar-refractivity contribution in [1.29, 1.82) is 5.26 Å². The van der Waals surface area contributed by atoms with Crippen molar-refractivity contribution >= 4 is 0 Å². The summed E-state index contributed by atoms with van der Waals surface area (Å²) < 4.78 is 5.40. The van der Waals surface area contributed by atoms with Crippen molar-refractivity contribution in [3.8, 4) is 11.8 Å². The monoisotopic (exact) mass is 159 g/mol. The van der Waals surface area contributed by atoms with Gasteiger partial charge in [-0.1, -0.05) is 6.92 Å². The van der Waals surface area contributed by atoms with E-state index in [-0.39, 0.29) is 0 Å². The number of ether oxygens (including phenoxy) is 1.